The molecular weight excluding hydrogens is 292 g/mol. The largest absolute Gasteiger partial charge is 0.426 e. The summed E-state index contributed by atoms with van der Waals surface area (Å²) in [6.07, 6.45) is 2.63. The Balaban J connectivity index is 1.91. The number of hydrogen-bond acceptors (Lipinski definition) is 5. The van der Waals surface area contributed by atoms with Crippen molar-refractivity contribution in [2.75, 3.05) is 5.73 Å². The Morgan fingerprint density at radius 1 is 1.22 bits per heavy atom. The van der Waals surface area contributed by atoms with Crippen molar-refractivity contribution in [2.24, 2.45) is 0 Å². The zero-order chi connectivity index (χ0) is 16.6. The minimum atomic E-state index is -0.600. The zero-order valence-corrected chi connectivity index (χ0v) is 13.3. The van der Waals surface area contributed by atoms with Gasteiger partial charge in [-0.3, -0.25) is 0 Å². The van der Waals surface area contributed by atoms with E-state index in [4.69, 9.17) is 10.5 Å². The van der Waals surface area contributed by atoms with E-state index in [1.165, 1.54) is 4.57 Å². The third-order valence-corrected chi connectivity index (χ3v) is 3.45. The lowest BCUT2D eigenvalue weighted by molar-refractivity contribution is 0.200. The number of hydrogen-bond donors (Lipinski definition) is 1. The van der Waals surface area contributed by atoms with Gasteiger partial charge in [0.2, 0.25) is 5.88 Å². The fraction of sp³-hybridized carbons (Fsp3) is 0.235. The molecule has 1 aromatic carbocycles. The molecule has 6 nitrogen and oxygen atoms in total. The van der Waals surface area contributed by atoms with E-state index in [1.807, 2.05) is 45.0 Å². The number of nitrogens with zero attached hydrogens (tertiary/aromatic N) is 3. The van der Waals surface area contributed by atoms with Gasteiger partial charge in [0, 0.05) is 34.6 Å². The summed E-state index contributed by atoms with van der Waals surface area (Å²) in [7, 11) is 0. The van der Waals surface area contributed by atoms with Crippen LogP contribution in [0.25, 0.3) is 10.8 Å². The van der Waals surface area contributed by atoms with Gasteiger partial charge in [-0.2, -0.15) is 4.98 Å². The van der Waals surface area contributed by atoms with Gasteiger partial charge < -0.3 is 10.5 Å². The third kappa shape index (κ3) is 2.88. The molecular formula is C17H18N4O2. The van der Waals surface area contributed by atoms with Crippen LogP contribution in [0.2, 0.25) is 0 Å². The maximum absolute atomic E-state index is 12.4. The molecule has 0 spiro atoms. The lowest BCUT2D eigenvalue weighted by atomic mass is 9.96. The van der Waals surface area contributed by atoms with Gasteiger partial charge in [0.05, 0.1) is 0 Å². The highest BCUT2D eigenvalue weighted by atomic mass is 16.6. The Labute approximate surface area is 133 Å². The predicted octanol–water partition coefficient (Wildman–Crippen LogP) is 3.36. The van der Waals surface area contributed by atoms with Gasteiger partial charge in [0.1, 0.15) is 11.6 Å². The molecule has 0 aliphatic rings. The van der Waals surface area contributed by atoms with Crippen LogP contribution >= 0.6 is 0 Å². The lowest BCUT2D eigenvalue weighted by Gasteiger charge is -2.16. The minimum Gasteiger partial charge on any atom is -0.390 e. The second kappa shape index (κ2) is 5.39. The minimum absolute atomic E-state index is 0.201. The third-order valence-electron chi connectivity index (χ3n) is 3.45. The fourth-order valence-corrected chi connectivity index (χ4v) is 2.23. The van der Waals surface area contributed by atoms with E-state index in [9.17, 15) is 4.79 Å². The monoisotopic (exact) mass is 310 g/mol. The second-order valence-corrected chi connectivity index (χ2v) is 6.31. The van der Waals surface area contributed by atoms with E-state index in [1.54, 1.807) is 18.5 Å². The van der Waals surface area contributed by atoms with Crippen LogP contribution in [0.4, 0.5) is 10.6 Å². The van der Waals surface area contributed by atoms with E-state index in [2.05, 4.69) is 9.97 Å². The Morgan fingerprint density at radius 2 is 1.96 bits per heavy atom. The molecule has 0 atom stereocenters. The number of nitrogens with two attached hydrogens (primary N) is 1. The number of benzene rings is 1. The van der Waals surface area contributed by atoms with Gasteiger partial charge in [0.25, 0.3) is 0 Å². The number of ether oxygens (including phenoxy) is 1. The van der Waals surface area contributed by atoms with Crippen LogP contribution in [-0.2, 0) is 5.41 Å². The highest BCUT2D eigenvalue weighted by Gasteiger charge is 2.19. The highest BCUT2D eigenvalue weighted by molar-refractivity contribution is 5.97. The molecule has 0 amide bonds. The molecule has 0 fully saturated rings. The first kappa shape index (κ1) is 15.0. The molecule has 0 radical (unpaired) electrons. The van der Waals surface area contributed by atoms with E-state index in [-0.39, 0.29) is 11.3 Å². The van der Waals surface area contributed by atoms with E-state index >= 15 is 0 Å². The molecule has 3 aromatic rings. The number of rotatable bonds is 1. The van der Waals surface area contributed by atoms with Crippen LogP contribution in [0, 0.1) is 0 Å². The van der Waals surface area contributed by atoms with Crippen molar-refractivity contribution in [2.45, 2.75) is 26.2 Å². The van der Waals surface area contributed by atoms with Crippen LogP contribution < -0.4 is 10.5 Å². The van der Waals surface area contributed by atoms with E-state index in [0.29, 0.717) is 11.6 Å². The summed E-state index contributed by atoms with van der Waals surface area (Å²) in [5.74, 6) is 1.15. The summed E-state index contributed by atoms with van der Waals surface area (Å²) in [5, 5.41) is 1.68. The molecule has 0 saturated heterocycles. The maximum atomic E-state index is 12.4. The maximum Gasteiger partial charge on any atom is 0.426 e. The Hall–Kier alpha value is -2.89. The average Bonchev–Trinajstić information content (AvgIpc) is 2.84. The normalized spacial score (nSPS) is 11.6. The van der Waals surface area contributed by atoms with Crippen LogP contribution in [0.1, 0.15) is 26.6 Å². The molecule has 0 bridgehead atoms. The molecule has 0 aliphatic heterocycles. The summed E-state index contributed by atoms with van der Waals surface area (Å²) in [4.78, 5) is 20.9. The SMILES string of the molecule is CC(C)(C)c1nccc(OC(=O)n2cc3ccccc3c2N)n1. The van der Waals surface area contributed by atoms with Crippen molar-refractivity contribution in [3.05, 3.63) is 48.5 Å². The summed E-state index contributed by atoms with van der Waals surface area (Å²) in [6.45, 7) is 5.97. The predicted molar refractivity (Wildman–Crippen MR) is 88.5 cm³/mol. The van der Waals surface area contributed by atoms with Crippen LogP contribution in [0.15, 0.2) is 42.7 Å². The van der Waals surface area contributed by atoms with Crippen molar-refractivity contribution < 1.29 is 9.53 Å². The Kier molecular flexibility index (Phi) is 3.52. The van der Waals surface area contributed by atoms with Crippen LogP contribution in [0.5, 0.6) is 5.88 Å². The summed E-state index contributed by atoms with van der Waals surface area (Å²) in [5.41, 5.74) is 5.79. The lowest BCUT2D eigenvalue weighted by Crippen LogP contribution is -2.20. The number of carbonyl (C=O) groups excluding carboxylic acids is 1. The van der Waals surface area contributed by atoms with Gasteiger partial charge >= 0.3 is 6.09 Å². The van der Waals surface area contributed by atoms with Gasteiger partial charge in [-0.1, -0.05) is 45.0 Å². The number of anilines is 1. The second-order valence-electron chi connectivity index (χ2n) is 6.31. The standard InChI is InChI=1S/C17H18N4O2/c1-17(2,3)15-19-9-8-13(20-15)23-16(22)21-10-11-6-4-5-7-12(11)14(21)18/h4-10H,18H2,1-3H3. The first-order valence-electron chi connectivity index (χ1n) is 7.27. The van der Waals surface area contributed by atoms with Gasteiger partial charge in [0.15, 0.2) is 0 Å². The van der Waals surface area contributed by atoms with Gasteiger partial charge in [-0.25, -0.2) is 14.3 Å². The Bertz CT molecular complexity index is 878. The zero-order valence-electron chi connectivity index (χ0n) is 13.3. The van der Waals surface area contributed by atoms with Crippen LogP contribution in [-0.4, -0.2) is 20.6 Å². The van der Waals surface area contributed by atoms with Gasteiger partial charge in [-0.05, 0) is 0 Å². The topological polar surface area (TPSA) is 83.0 Å². The van der Waals surface area contributed by atoms with Crippen molar-refractivity contribution in [3.8, 4) is 5.88 Å². The molecule has 2 aromatic heterocycles. The highest BCUT2D eigenvalue weighted by Crippen LogP contribution is 2.24. The first-order chi connectivity index (χ1) is 10.9. The molecule has 2 heterocycles. The molecule has 0 unspecified atom stereocenters. The molecule has 118 valence electrons. The van der Waals surface area contributed by atoms with E-state index < -0.39 is 6.09 Å². The summed E-state index contributed by atoms with van der Waals surface area (Å²) in [6, 6.07) is 9.05. The fourth-order valence-electron chi connectivity index (χ4n) is 2.23. The summed E-state index contributed by atoms with van der Waals surface area (Å²) >= 11 is 0. The van der Waals surface area contributed by atoms with Crippen molar-refractivity contribution >= 4 is 22.7 Å². The molecule has 3 rings (SSSR count). The number of fused-ring (bicyclic) bond motifs is 1. The first-order valence-corrected chi connectivity index (χ1v) is 7.27. The van der Waals surface area contributed by atoms with Crippen molar-refractivity contribution in [1.82, 2.24) is 14.5 Å². The summed E-state index contributed by atoms with van der Waals surface area (Å²) < 4.78 is 6.62. The number of aromatic nitrogens is 3. The molecule has 0 aliphatic carbocycles. The van der Waals surface area contributed by atoms with Crippen molar-refractivity contribution in [3.63, 3.8) is 0 Å². The molecule has 2 N–H and O–H groups in total. The van der Waals surface area contributed by atoms with Gasteiger partial charge in [-0.15, -0.1) is 0 Å². The average molecular weight is 310 g/mol. The number of carbonyl (C=O) groups is 1. The Morgan fingerprint density at radius 3 is 2.65 bits per heavy atom. The number of nitrogen functional groups attached to an aromatic ring is 1. The van der Waals surface area contributed by atoms with E-state index in [0.717, 1.165) is 10.8 Å². The van der Waals surface area contributed by atoms with Crippen molar-refractivity contribution in [1.29, 1.82) is 0 Å². The smallest absolute Gasteiger partial charge is 0.390 e. The molecule has 0 saturated carbocycles. The molecule has 23 heavy (non-hydrogen) atoms. The van der Waals surface area contributed by atoms with Crippen LogP contribution in [0.3, 0.4) is 0 Å². The quantitative estimate of drug-likeness (QED) is 0.745. The molecule has 6 heteroatoms.